The molecule has 0 radical (unpaired) electrons. The summed E-state index contributed by atoms with van der Waals surface area (Å²) in [4.78, 5) is 22.9. The number of methoxy groups -OCH3 is 2. The highest BCUT2D eigenvalue weighted by Crippen LogP contribution is 2.26. The van der Waals surface area contributed by atoms with Crippen molar-refractivity contribution in [2.75, 3.05) is 24.7 Å². The average molecular weight is 618 g/mol. The van der Waals surface area contributed by atoms with Crippen molar-refractivity contribution in [3.63, 3.8) is 0 Å². The Bertz CT molecular complexity index is 1610. The van der Waals surface area contributed by atoms with E-state index in [2.05, 4.69) is 14.2 Å². The van der Waals surface area contributed by atoms with E-state index in [0.29, 0.717) is 28.6 Å². The summed E-state index contributed by atoms with van der Waals surface area (Å²) in [6.45, 7) is 0.371. The van der Waals surface area contributed by atoms with Crippen molar-refractivity contribution in [3.05, 3.63) is 118 Å². The van der Waals surface area contributed by atoms with E-state index in [9.17, 15) is 18.0 Å². The molecule has 214 valence electrons. The first-order chi connectivity index (χ1) is 19.5. The molecule has 4 aromatic rings. The van der Waals surface area contributed by atoms with Crippen LogP contribution in [-0.4, -0.2) is 34.6 Å². The molecule has 3 N–H and O–H groups in total. The molecule has 9 nitrogen and oxygen atoms in total. The number of ether oxygens (including phenoxy) is 3. The Hall–Kier alpha value is -4.25. The van der Waals surface area contributed by atoms with E-state index in [1.165, 1.54) is 56.7 Å². The molecule has 0 amide bonds. The number of halogens is 2. The van der Waals surface area contributed by atoms with Crippen LogP contribution >= 0.6 is 23.2 Å². The van der Waals surface area contributed by atoms with Crippen LogP contribution < -0.4 is 15.2 Å². The van der Waals surface area contributed by atoms with Gasteiger partial charge in [-0.3, -0.25) is 4.72 Å². The molecule has 0 atom stereocenters. The van der Waals surface area contributed by atoms with E-state index < -0.39 is 22.0 Å². The monoisotopic (exact) mass is 616 g/mol. The summed E-state index contributed by atoms with van der Waals surface area (Å²) in [5.74, 6) is -0.598. The molecular formula is C29H26Cl2N2O7S. The Labute approximate surface area is 247 Å². The summed E-state index contributed by atoms with van der Waals surface area (Å²) in [5.41, 5.74) is 7.27. The fourth-order valence-corrected chi connectivity index (χ4v) is 4.80. The second-order valence-electron chi connectivity index (χ2n) is 8.26. The molecule has 0 spiro atoms. The molecule has 0 saturated heterocycles. The van der Waals surface area contributed by atoms with Crippen LogP contribution in [0.15, 0.2) is 95.9 Å². The van der Waals surface area contributed by atoms with Gasteiger partial charge in [0, 0.05) is 15.7 Å². The SMILES string of the molecule is COC(=O)c1ccc(Cl)cc1N.COC(=O)c1ccc(Cl)cc1NS(=O)(=O)c1ccc(OCc2ccccc2)cc1. The zero-order valence-electron chi connectivity index (χ0n) is 22.0. The minimum atomic E-state index is -3.95. The zero-order chi connectivity index (χ0) is 30.0. The van der Waals surface area contributed by atoms with E-state index in [1.54, 1.807) is 18.2 Å². The minimum absolute atomic E-state index is 0.0142. The number of hydrogen-bond donors (Lipinski definition) is 2. The van der Waals surface area contributed by atoms with Crippen LogP contribution in [0.1, 0.15) is 26.3 Å². The Morgan fingerprint density at radius 2 is 1.34 bits per heavy atom. The van der Waals surface area contributed by atoms with E-state index in [4.69, 9.17) is 33.7 Å². The van der Waals surface area contributed by atoms with E-state index in [0.717, 1.165) is 5.56 Å². The van der Waals surface area contributed by atoms with Gasteiger partial charge in [0.2, 0.25) is 0 Å². The highest BCUT2D eigenvalue weighted by atomic mass is 35.5. The lowest BCUT2D eigenvalue weighted by Crippen LogP contribution is -2.16. The lowest BCUT2D eigenvalue weighted by molar-refractivity contribution is 0.0593. The van der Waals surface area contributed by atoms with Crippen LogP contribution in [0.4, 0.5) is 11.4 Å². The highest BCUT2D eigenvalue weighted by molar-refractivity contribution is 7.92. The fraction of sp³-hybridized carbons (Fsp3) is 0.103. The zero-order valence-corrected chi connectivity index (χ0v) is 24.3. The van der Waals surface area contributed by atoms with Gasteiger partial charge >= 0.3 is 11.9 Å². The maximum Gasteiger partial charge on any atom is 0.339 e. The third-order valence-corrected chi connectivity index (χ3v) is 7.28. The van der Waals surface area contributed by atoms with Gasteiger partial charge in [-0.2, -0.15) is 0 Å². The van der Waals surface area contributed by atoms with Gasteiger partial charge in [0.15, 0.2) is 0 Å². The van der Waals surface area contributed by atoms with Gasteiger partial charge in [-0.25, -0.2) is 18.0 Å². The summed E-state index contributed by atoms with van der Waals surface area (Å²) in [6, 6.07) is 24.4. The standard InChI is InChI=1S/C21H18ClNO5S.C8H8ClNO2/c1-27-21(24)19-12-7-16(22)13-20(19)23-29(25,26)18-10-8-17(9-11-18)28-14-15-5-3-2-4-6-15;1-12-8(11)6-3-2-5(9)4-7(6)10/h2-13,23H,14H2,1H3;2-4H,10H2,1H3. The van der Waals surface area contributed by atoms with E-state index >= 15 is 0 Å². The van der Waals surface area contributed by atoms with Crippen LogP contribution in [0.5, 0.6) is 5.75 Å². The lowest BCUT2D eigenvalue weighted by Gasteiger charge is -2.12. The molecular weight excluding hydrogens is 591 g/mol. The first-order valence-electron chi connectivity index (χ1n) is 11.8. The third kappa shape index (κ3) is 8.87. The topological polar surface area (TPSA) is 134 Å². The van der Waals surface area contributed by atoms with Gasteiger partial charge in [0.05, 0.1) is 35.9 Å². The number of benzene rings is 4. The highest BCUT2D eigenvalue weighted by Gasteiger charge is 2.20. The number of hydrogen-bond acceptors (Lipinski definition) is 8. The molecule has 0 fully saturated rings. The summed E-state index contributed by atoms with van der Waals surface area (Å²) in [6.07, 6.45) is 0. The molecule has 0 bridgehead atoms. The number of rotatable bonds is 8. The van der Waals surface area contributed by atoms with Crippen LogP contribution in [0.3, 0.4) is 0 Å². The molecule has 4 rings (SSSR count). The number of carbonyl (C=O) groups excluding carboxylic acids is 2. The van der Waals surface area contributed by atoms with Crippen molar-refractivity contribution in [2.45, 2.75) is 11.5 Å². The van der Waals surface area contributed by atoms with Gasteiger partial charge in [0.1, 0.15) is 12.4 Å². The minimum Gasteiger partial charge on any atom is -0.489 e. The van der Waals surface area contributed by atoms with Crippen LogP contribution in [0.25, 0.3) is 0 Å². The summed E-state index contributed by atoms with van der Waals surface area (Å²) >= 11 is 11.6. The Balaban J connectivity index is 0.000000322. The van der Waals surface area contributed by atoms with Gasteiger partial charge in [-0.15, -0.1) is 0 Å². The number of anilines is 2. The molecule has 0 aliphatic heterocycles. The lowest BCUT2D eigenvalue weighted by atomic mass is 10.2. The van der Waals surface area contributed by atoms with Crippen molar-refractivity contribution in [1.29, 1.82) is 0 Å². The molecule has 4 aromatic carbocycles. The molecule has 0 aliphatic rings. The molecule has 0 unspecified atom stereocenters. The van der Waals surface area contributed by atoms with Crippen molar-refractivity contribution in [2.24, 2.45) is 0 Å². The van der Waals surface area contributed by atoms with E-state index in [-0.39, 0.29) is 21.2 Å². The molecule has 0 saturated carbocycles. The normalized spacial score (nSPS) is 10.5. The summed E-state index contributed by atoms with van der Waals surface area (Å²) in [5, 5.41) is 0.778. The largest absolute Gasteiger partial charge is 0.489 e. The molecule has 0 heterocycles. The fourth-order valence-electron chi connectivity index (χ4n) is 3.38. The Kier molecular flexibility index (Phi) is 11.0. The van der Waals surface area contributed by atoms with Crippen LogP contribution in [0.2, 0.25) is 10.0 Å². The maximum absolute atomic E-state index is 12.7. The number of nitrogens with one attached hydrogen (secondary N) is 1. The average Bonchev–Trinajstić information content (AvgIpc) is 2.96. The van der Waals surface area contributed by atoms with Crippen LogP contribution in [0, 0.1) is 0 Å². The molecule has 0 aliphatic carbocycles. The van der Waals surface area contributed by atoms with Gasteiger partial charge < -0.3 is 19.9 Å². The van der Waals surface area contributed by atoms with Crippen molar-refractivity contribution < 1.29 is 32.2 Å². The molecule has 41 heavy (non-hydrogen) atoms. The predicted octanol–water partition coefficient (Wildman–Crippen LogP) is 6.22. The summed E-state index contributed by atoms with van der Waals surface area (Å²) in [7, 11) is -1.44. The van der Waals surface area contributed by atoms with Crippen molar-refractivity contribution >= 4 is 56.5 Å². The second-order valence-corrected chi connectivity index (χ2v) is 10.8. The summed E-state index contributed by atoms with van der Waals surface area (Å²) < 4.78 is 42.7. The second kappa shape index (κ2) is 14.4. The number of nitrogen functional groups attached to an aromatic ring is 1. The van der Waals surface area contributed by atoms with Crippen molar-refractivity contribution in [1.82, 2.24) is 0 Å². The van der Waals surface area contributed by atoms with Crippen molar-refractivity contribution in [3.8, 4) is 5.75 Å². The first kappa shape index (κ1) is 31.3. The molecule has 12 heteroatoms. The first-order valence-corrected chi connectivity index (χ1v) is 14.1. The Morgan fingerprint density at radius 1 is 0.780 bits per heavy atom. The number of sulfonamides is 1. The van der Waals surface area contributed by atoms with E-state index in [1.807, 2.05) is 30.3 Å². The predicted molar refractivity (Wildman–Crippen MR) is 158 cm³/mol. The van der Waals surface area contributed by atoms with Gasteiger partial charge in [-0.1, -0.05) is 53.5 Å². The van der Waals surface area contributed by atoms with Gasteiger partial charge in [-0.05, 0) is 66.2 Å². The third-order valence-electron chi connectivity index (χ3n) is 5.43. The van der Waals surface area contributed by atoms with Crippen LogP contribution in [-0.2, 0) is 26.1 Å². The van der Waals surface area contributed by atoms with Gasteiger partial charge in [0.25, 0.3) is 10.0 Å². The number of esters is 2. The quantitative estimate of drug-likeness (QED) is 0.176. The number of nitrogens with two attached hydrogens (primary N) is 1. The molecule has 0 aromatic heterocycles. The Morgan fingerprint density at radius 3 is 1.93 bits per heavy atom. The maximum atomic E-state index is 12.7. The smallest absolute Gasteiger partial charge is 0.339 e. The number of carbonyl (C=O) groups is 2.